The predicted octanol–water partition coefficient (Wildman–Crippen LogP) is 1.08. The van der Waals surface area contributed by atoms with Crippen LogP contribution in [-0.4, -0.2) is 70.9 Å². The van der Waals surface area contributed by atoms with Gasteiger partial charge >= 0.3 is 5.97 Å². The molecule has 0 bridgehead atoms. The molecular formula is C17H16N4O6S4. The number of fused-ring (bicyclic) bond motifs is 1. The Balaban J connectivity index is 1.41. The van der Waals surface area contributed by atoms with Crippen molar-refractivity contribution in [3.05, 3.63) is 34.7 Å². The van der Waals surface area contributed by atoms with E-state index in [0.29, 0.717) is 26.6 Å². The number of carboxylic acids is 1. The largest absolute Gasteiger partial charge is 0.477 e. The van der Waals surface area contributed by atoms with E-state index in [1.54, 1.807) is 24.4 Å². The molecule has 14 heteroatoms. The van der Waals surface area contributed by atoms with Crippen LogP contribution < -0.4 is 5.32 Å². The Morgan fingerprint density at radius 2 is 2.26 bits per heavy atom. The zero-order chi connectivity index (χ0) is 22.1. The third-order valence-electron chi connectivity index (χ3n) is 4.43. The van der Waals surface area contributed by atoms with Crippen molar-refractivity contribution in [3.63, 3.8) is 0 Å². The highest BCUT2D eigenvalue weighted by atomic mass is 32.2. The Bertz CT molecular complexity index is 1080. The molecule has 2 aromatic heterocycles. The number of rotatable bonds is 8. The molecule has 10 nitrogen and oxygen atoms in total. The van der Waals surface area contributed by atoms with Gasteiger partial charge in [0.1, 0.15) is 22.9 Å². The second-order valence-corrected chi connectivity index (χ2v) is 11.2. The minimum Gasteiger partial charge on any atom is -0.477 e. The van der Waals surface area contributed by atoms with Crippen molar-refractivity contribution >= 4 is 63.4 Å². The summed E-state index contributed by atoms with van der Waals surface area (Å²) in [4.78, 5) is 38.0. The summed E-state index contributed by atoms with van der Waals surface area (Å²) < 4.78 is 18.1. The number of nitrogens with one attached hydrogen (secondary N) is 1. The summed E-state index contributed by atoms with van der Waals surface area (Å²) in [5, 5.41) is 21.5. The summed E-state index contributed by atoms with van der Waals surface area (Å²) in [6, 6.07) is 2.58. The topological polar surface area (TPSA) is 143 Å². The minimum atomic E-state index is -1.49. The molecule has 2 N–H and O–H groups in total. The molecule has 0 aliphatic carbocycles. The average molecular weight is 501 g/mol. The van der Waals surface area contributed by atoms with Gasteiger partial charge in [0.25, 0.3) is 11.1 Å². The van der Waals surface area contributed by atoms with Gasteiger partial charge in [0.15, 0.2) is 0 Å². The number of hydrogen-bond acceptors (Lipinski definition) is 10. The fraction of sp³-hybridized carbons (Fsp3) is 0.353. The SMILES string of the molecule is Cc1nnc(SCC2=C(C(=O)O)N3C(=O)C(NC(=O)CS(=O)c4cccs4)C3SC2)o1. The Labute approximate surface area is 191 Å². The number of thioether (sulfide) groups is 2. The number of β-lactam (4-membered cyclic amide) rings is 1. The molecule has 1 fully saturated rings. The smallest absolute Gasteiger partial charge is 0.352 e. The van der Waals surface area contributed by atoms with Crippen LogP contribution in [0.1, 0.15) is 5.89 Å². The van der Waals surface area contributed by atoms with E-state index < -0.39 is 40.0 Å². The molecule has 2 amide bonds. The third kappa shape index (κ3) is 4.56. The zero-order valence-corrected chi connectivity index (χ0v) is 19.2. The Hall–Kier alpha value is -2.16. The van der Waals surface area contributed by atoms with Gasteiger partial charge in [-0.2, -0.15) is 0 Å². The van der Waals surface area contributed by atoms with Crippen LogP contribution in [0.2, 0.25) is 0 Å². The van der Waals surface area contributed by atoms with Crippen LogP contribution in [0.5, 0.6) is 0 Å². The van der Waals surface area contributed by atoms with E-state index in [0.717, 1.165) is 0 Å². The van der Waals surface area contributed by atoms with E-state index in [1.807, 2.05) is 0 Å². The maximum absolute atomic E-state index is 12.7. The lowest BCUT2D eigenvalue weighted by Gasteiger charge is -2.49. The van der Waals surface area contributed by atoms with E-state index >= 15 is 0 Å². The van der Waals surface area contributed by atoms with Crippen molar-refractivity contribution in [2.45, 2.75) is 27.8 Å². The van der Waals surface area contributed by atoms with Crippen molar-refractivity contribution in [3.8, 4) is 0 Å². The summed E-state index contributed by atoms with van der Waals surface area (Å²) in [6.45, 7) is 1.66. The summed E-state index contributed by atoms with van der Waals surface area (Å²) in [6.07, 6.45) is 0. The van der Waals surface area contributed by atoms with Crippen LogP contribution in [0.4, 0.5) is 0 Å². The van der Waals surface area contributed by atoms with Crippen molar-refractivity contribution in [2.75, 3.05) is 17.3 Å². The van der Waals surface area contributed by atoms with E-state index in [4.69, 9.17) is 4.42 Å². The van der Waals surface area contributed by atoms with Crippen LogP contribution in [-0.2, 0) is 25.2 Å². The molecule has 0 radical (unpaired) electrons. The lowest BCUT2D eigenvalue weighted by molar-refractivity contribution is -0.150. The van der Waals surface area contributed by atoms with E-state index in [9.17, 15) is 23.7 Å². The van der Waals surface area contributed by atoms with Gasteiger partial charge in [-0.05, 0) is 17.0 Å². The standard InChI is InChI=1S/C17H16N4O6S4/c1-8-19-20-17(27-8)30-6-9-5-29-15-12(14(23)21(15)13(9)16(24)25)18-10(22)7-31(26)11-3-2-4-28-11/h2-4,12,15H,5-7H2,1H3,(H,18,22)(H,24,25). The molecule has 1 saturated heterocycles. The molecule has 4 rings (SSSR count). The van der Waals surface area contributed by atoms with Gasteiger partial charge in [0, 0.05) is 18.4 Å². The van der Waals surface area contributed by atoms with Crippen LogP contribution in [0.15, 0.2) is 42.6 Å². The Morgan fingerprint density at radius 3 is 2.90 bits per heavy atom. The fourth-order valence-corrected chi connectivity index (χ4v) is 7.28. The molecule has 3 atom stereocenters. The first-order valence-corrected chi connectivity index (χ1v) is 13.1. The molecule has 0 spiro atoms. The fourth-order valence-electron chi connectivity index (χ4n) is 3.08. The van der Waals surface area contributed by atoms with Gasteiger partial charge in [-0.1, -0.05) is 17.8 Å². The highest BCUT2D eigenvalue weighted by Gasteiger charge is 2.54. The average Bonchev–Trinajstić information content (AvgIpc) is 3.41. The molecule has 2 aliphatic rings. The van der Waals surface area contributed by atoms with Gasteiger partial charge in [-0.3, -0.25) is 18.7 Å². The summed E-state index contributed by atoms with van der Waals surface area (Å²) in [7, 11) is -1.49. The summed E-state index contributed by atoms with van der Waals surface area (Å²) in [5.74, 6) is -1.41. The van der Waals surface area contributed by atoms with Crippen molar-refractivity contribution < 1.29 is 28.1 Å². The highest BCUT2D eigenvalue weighted by Crippen LogP contribution is 2.41. The normalized spacial score (nSPS) is 21.5. The number of carbonyl (C=O) groups excluding carboxylic acids is 2. The molecule has 0 aromatic carbocycles. The lowest BCUT2D eigenvalue weighted by Crippen LogP contribution is -2.70. The molecule has 0 saturated carbocycles. The first kappa shape index (κ1) is 22.0. The number of aryl methyl sites for hydroxylation is 1. The van der Waals surface area contributed by atoms with Crippen molar-refractivity contribution in [1.29, 1.82) is 0 Å². The number of nitrogens with zero attached hydrogens (tertiary/aromatic N) is 3. The number of amides is 2. The van der Waals surface area contributed by atoms with Crippen LogP contribution in [0.3, 0.4) is 0 Å². The number of carbonyl (C=O) groups is 3. The molecule has 164 valence electrons. The van der Waals surface area contributed by atoms with Gasteiger partial charge in [0.05, 0.1) is 15.0 Å². The number of carboxylic acid groups (broad SMARTS) is 1. The monoisotopic (exact) mass is 500 g/mol. The minimum absolute atomic E-state index is 0.0786. The summed E-state index contributed by atoms with van der Waals surface area (Å²) in [5.41, 5.74) is 0.483. The van der Waals surface area contributed by atoms with Crippen LogP contribution in [0, 0.1) is 6.92 Å². The van der Waals surface area contributed by atoms with Gasteiger partial charge in [-0.25, -0.2) is 4.79 Å². The van der Waals surface area contributed by atoms with Crippen LogP contribution in [0.25, 0.3) is 0 Å². The van der Waals surface area contributed by atoms with E-state index in [1.165, 1.54) is 39.8 Å². The first-order valence-electron chi connectivity index (χ1n) is 8.89. The Kier molecular flexibility index (Phi) is 6.50. The lowest BCUT2D eigenvalue weighted by atomic mass is 10.0. The molecule has 3 unspecified atom stereocenters. The molecule has 2 aromatic rings. The third-order valence-corrected chi connectivity index (χ3v) is 9.29. The first-order chi connectivity index (χ1) is 14.8. The second kappa shape index (κ2) is 9.14. The zero-order valence-electron chi connectivity index (χ0n) is 16.0. The van der Waals surface area contributed by atoms with Crippen molar-refractivity contribution in [2.24, 2.45) is 0 Å². The number of aromatic nitrogens is 2. The molecule has 31 heavy (non-hydrogen) atoms. The number of aliphatic carboxylic acids is 1. The maximum atomic E-state index is 12.7. The Morgan fingerprint density at radius 1 is 1.45 bits per heavy atom. The summed E-state index contributed by atoms with van der Waals surface area (Å²) >= 11 is 3.86. The van der Waals surface area contributed by atoms with Gasteiger partial charge in [-0.15, -0.1) is 33.3 Å². The highest BCUT2D eigenvalue weighted by molar-refractivity contribution is 8.01. The van der Waals surface area contributed by atoms with Crippen LogP contribution >= 0.6 is 34.9 Å². The van der Waals surface area contributed by atoms with Crippen molar-refractivity contribution in [1.82, 2.24) is 20.4 Å². The van der Waals surface area contributed by atoms with Gasteiger partial charge < -0.3 is 14.8 Å². The van der Waals surface area contributed by atoms with E-state index in [2.05, 4.69) is 15.5 Å². The number of thiophene rings is 1. The molecule has 2 aliphatic heterocycles. The molecular weight excluding hydrogens is 484 g/mol. The van der Waals surface area contributed by atoms with E-state index in [-0.39, 0.29) is 17.2 Å². The predicted molar refractivity (Wildman–Crippen MR) is 115 cm³/mol. The number of hydrogen-bond donors (Lipinski definition) is 2. The second-order valence-electron chi connectivity index (χ2n) is 6.51. The maximum Gasteiger partial charge on any atom is 0.352 e. The quantitative estimate of drug-likeness (QED) is 0.399. The van der Waals surface area contributed by atoms with Gasteiger partial charge in [0.2, 0.25) is 11.8 Å². The molecule has 4 heterocycles.